The molecule has 0 saturated heterocycles. The Morgan fingerprint density at radius 3 is 2.67 bits per heavy atom. The Kier molecular flexibility index (Phi) is 3.44. The van der Waals surface area contributed by atoms with Crippen LogP contribution in [0.2, 0.25) is 0 Å². The van der Waals surface area contributed by atoms with E-state index in [-0.39, 0.29) is 5.82 Å². The maximum absolute atomic E-state index is 13.8. The molecule has 21 heavy (non-hydrogen) atoms. The van der Waals surface area contributed by atoms with Gasteiger partial charge >= 0.3 is 0 Å². The van der Waals surface area contributed by atoms with Crippen molar-refractivity contribution in [1.29, 1.82) is 0 Å². The number of halogens is 1. The van der Waals surface area contributed by atoms with Crippen molar-refractivity contribution in [2.45, 2.75) is 13.5 Å². The molecule has 0 radical (unpaired) electrons. The Balaban J connectivity index is 1.93. The van der Waals surface area contributed by atoms with Crippen molar-refractivity contribution < 1.29 is 4.39 Å². The third kappa shape index (κ3) is 2.79. The number of hydrogen-bond acceptors (Lipinski definition) is 2. The first-order chi connectivity index (χ1) is 10.1. The van der Waals surface area contributed by atoms with Crippen LogP contribution in [0.5, 0.6) is 0 Å². The van der Waals surface area contributed by atoms with Crippen LogP contribution in [0.15, 0.2) is 54.6 Å². The molecule has 0 atom stereocenters. The van der Waals surface area contributed by atoms with Gasteiger partial charge in [0.05, 0.1) is 12.2 Å². The van der Waals surface area contributed by atoms with Gasteiger partial charge in [-0.2, -0.15) is 5.10 Å². The number of rotatable bonds is 3. The molecule has 2 aromatic carbocycles. The lowest BCUT2D eigenvalue weighted by Crippen LogP contribution is -2.05. The summed E-state index contributed by atoms with van der Waals surface area (Å²) in [6.45, 7) is 2.61. The number of aryl methyl sites for hydroxylation is 1. The Labute approximate surface area is 122 Å². The number of nitrogens with two attached hydrogens (primary N) is 1. The first-order valence-corrected chi connectivity index (χ1v) is 6.77. The molecule has 0 aliphatic carbocycles. The zero-order valence-corrected chi connectivity index (χ0v) is 11.8. The molecule has 2 N–H and O–H groups in total. The molecular formula is C17H16FN3. The van der Waals surface area contributed by atoms with Crippen LogP contribution < -0.4 is 5.73 Å². The second-order valence-corrected chi connectivity index (χ2v) is 5.08. The lowest BCUT2D eigenvalue weighted by atomic mass is 10.1. The summed E-state index contributed by atoms with van der Waals surface area (Å²) in [7, 11) is 0. The molecule has 3 nitrogen and oxygen atoms in total. The molecule has 0 aliphatic heterocycles. The van der Waals surface area contributed by atoms with E-state index in [2.05, 4.69) is 11.2 Å². The minimum atomic E-state index is -0.294. The molecule has 4 heteroatoms. The predicted octanol–water partition coefficient (Wildman–Crippen LogP) is 3.63. The van der Waals surface area contributed by atoms with Gasteiger partial charge in [-0.1, -0.05) is 42.0 Å². The average molecular weight is 281 g/mol. The van der Waals surface area contributed by atoms with E-state index in [1.807, 2.05) is 25.1 Å². The van der Waals surface area contributed by atoms with Crippen LogP contribution in [0, 0.1) is 12.7 Å². The van der Waals surface area contributed by atoms with E-state index in [0.717, 1.165) is 5.56 Å². The molecule has 0 saturated carbocycles. The van der Waals surface area contributed by atoms with Gasteiger partial charge < -0.3 is 5.73 Å². The first kappa shape index (κ1) is 13.4. The molecule has 3 aromatic rings. The molecule has 0 bridgehead atoms. The monoisotopic (exact) mass is 281 g/mol. The van der Waals surface area contributed by atoms with Crippen molar-refractivity contribution in [3.8, 4) is 11.3 Å². The zero-order valence-electron chi connectivity index (χ0n) is 11.8. The minimum Gasteiger partial charge on any atom is -0.384 e. The van der Waals surface area contributed by atoms with E-state index < -0.39 is 0 Å². The minimum absolute atomic E-state index is 0.294. The summed E-state index contributed by atoms with van der Waals surface area (Å²) in [4.78, 5) is 0. The second kappa shape index (κ2) is 5.40. The van der Waals surface area contributed by atoms with Gasteiger partial charge in [-0.25, -0.2) is 9.07 Å². The van der Waals surface area contributed by atoms with Crippen LogP contribution in [0.3, 0.4) is 0 Å². The van der Waals surface area contributed by atoms with Crippen molar-refractivity contribution in [3.63, 3.8) is 0 Å². The van der Waals surface area contributed by atoms with Crippen molar-refractivity contribution >= 4 is 5.82 Å². The summed E-state index contributed by atoms with van der Waals surface area (Å²) >= 11 is 0. The normalized spacial score (nSPS) is 10.8. The SMILES string of the molecule is Cc1cccc(Cn2nc(-c3ccccc3F)cc2N)c1. The highest BCUT2D eigenvalue weighted by Crippen LogP contribution is 2.23. The van der Waals surface area contributed by atoms with E-state index in [0.29, 0.717) is 23.6 Å². The smallest absolute Gasteiger partial charge is 0.132 e. The fraction of sp³-hybridized carbons (Fsp3) is 0.118. The molecule has 0 unspecified atom stereocenters. The molecule has 0 amide bonds. The van der Waals surface area contributed by atoms with Gasteiger partial charge in [0.25, 0.3) is 0 Å². The van der Waals surface area contributed by atoms with Gasteiger partial charge in [-0.15, -0.1) is 0 Å². The van der Waals surface area contributed by atoms with Crippen LogP contribution in [-0.4, -0.2) is 9.78 Å². The molecule has 0 spiro atoms. The Morgan fingerprint density at radius 1 is 1.10 bits per heavy atom. The van der Waals surface area contributed by atoms with E-state index in [1.54, 1.807) is 28.9 Å². The molecular weight excluding hydrogens is 265 g/mol. The Hall–Kier alpha value is -2.62. The highest BCUT2D eigenvalue weighted by molar-refractivity contribution is 5.62. The number of benzene rings is 2. The summed E-state index contributed by atoms with van der Waals surface area (Å²) in [6, 6.07) is 16.4. The predicted molar refractivity (Wildman–Crippen MR) is 82.3 cm³/mol. The van der Waals surface area contributed by atoms with Crippen LogP contribution in [0.1, 0.15) is 11.1 Å². The number of nitrogens with zero attached hydrogens (tertiary/aromatic N) is 2. The topological polar surface area (TPSA) is 43.8 Å². The van der Waals surface area contributed by atoms with Gasteiger partial charge in [-0.05, 0) is 24.6 Å². The van der Waals surface area contributed by atoms with Crippen molar-refractivity contribution in [3.05, 3.63) is 71.5 Å². The second-order valence-electron chi connectivity index (χ2n) is 5.08. The van der Waals surface area contributed by atoms with Crippen molar-refractivity contribution in [1.82, 2.24) is 9.78 Å². The van der Waals surface area contributed by atoms with E-state index in [1.165, 1.54) is 11.6 Å². The average Bonchev–Trinajstić information content (AvgIpc) is 2.80. The maximum atomic E-state index is 13.8. The number of aromatic nitrogens is 2. The summed E-state index contributed by atoms with van der Waals surface area (Å²) in [6.07, 6.45) is 0. The highest BCUT2D eigenvalue weighted by atomic mass is 19.1. The van der Waals surface area contributed by atoms with Gasteiger partial charge in [0.2, 0.25) is 0 Å². The summed E-state index contributed by atoms with van der Waals surface area (Å²) in [5.74, 6) is 0.229. The van der Waals surface area contributed by atoms with Crippen molar-refractivity contribution in [2.75, 3.05) is 5.73 Å². The quantitative estimate of drug-likeness (QED) is 0.796. The summed E-state index contributed by atoms with van der Waals surface area (Å²) in [5, 5.41) is 4.42. The van der Waals surface area contributed by atoms with E-state index in [4.69, 9.17) is 5.73 Å². The molecule has 106 valence electrons. The van der Waals surface area contributed by atoms with Crippen LogP contribution in [0.25, 0.3) is 11.3 Å². The van der Waals surface area contributed by atoms with Crippen molar-refractivity contribution in [2.24, 2.45) is 0 Å². The third-order valence-corrected chi connectivity index (χ3v) is 3.38. The fourth-order valence-corrected chi connectivity index (χ4v) is 2.34. The van der Waals surface area contributed by atoms with E-state index >= 15 is 0 Å². The number of hydrogen-bond donors (Lipinski definition) is 1. The third-order valence-electron chi connectivity index (χ3n) is 3.38. The van der Waals surface area contributed by atoms with Gasteiger partial charge in [-0.3, -0.25) is 0 Å². The highest BCUT2D eigenvalue weighted by Gasteiger charge is 2.11. The molecule has 3 rings (SSSR count). The van der Waals surface area contributed by atoms with Crippen LogP contribution >= 0.6 is 0 Å². The summed E-state index contributed by atoms with van der Waals surface area (Å²) in [5.41, 5.74) is 9.31. The first-order valence-electron chi connectivity index (χ1n) is 6.77. The Bertz CT molecular complexity index is 777. The van der Waals surface area contributed by atoms with Crippen LogP contribution in [-0.2, 0) is 6.54 Å². The van der Waals surface area contributed by atoms with Gasteiger partial charge in [0.15, 0.2) is 0 Å². The standard InChI is InChI=1S/C17H16FN3/c1-12-5-4-6-13(9-12)11-21-17(19)10-16(20-21)14-7-2-3-8-15(14)18/h2-10H,11,19H2,1H3. The van der Waals surface area contributed by atoms with Gasteiger partial charge in [0.1, 0.15) is 11.6 Å². The molecule has 0 fully saturated rings. The molecule has 1 aromatic heterocycles. The number of nitrogen functional groups attached to an aromatic ring is 1. The van der Waals surface area contributed by atoms with Gasteiger partial charge in [0, 0.05) is 11.6 Å². The lowest BCUT2D eigenvalue weighted by molar-refractivity contribution is 0.629. The largest absolute Gasteiger partial charge is 0.384 e. The number of anilines is 1. The van der Waals surface area contributed by atoms with Crippen LogP contribution in [0.4, 0.5) is 10.2 Å². The zero-order chi connectivity index (χ0) is 14.8. The Morgan fingerprint density at radius 2 is 1.90 bits per heavy atom. The maximum Gasteiger partial charge on any atom is 0.132 e. The lowest BCUT2D eigenvalue weighted by Gasteiger charge is -2.05. The van der Waals surface area contributed by atoms with E-state index in [9.17, 15) is 4.39 Å². The fourth-order valence-electron chi connectivity index (χ4n) is 2.34. The summed E-state index contributed by atoms with van der Waals surface area (Å²) < 4.78 is 15.5. The molecule has 1 heterocycles. The molecule has 0 aliphatic rings.